The van der Waals surface area contributed by atoms with E-state index < -0.39 is 8.07 Å². The van der Waals surface area contributed by atoms with Gasteiger partial charge in [-0.15, -0.1) is 0 Å². The molecular formula is C18H25NSi. The van der Waals surface area contributed by atoms with E-state index in [1.165, 1.54) is 16.4 Å². The normalized spacial score (nSPS) is 11.4. The highest BCUT2D eigenvalue weighted by Crippen LogP contribution is 2.16. The molecule has 0 fully saturated rings. The van der Waals surface area contributed by atoms with Gasteiger partial charge in [-0.1, -0.05) is 67.3 Å². The predicted octanol–water partition coefficient (Wildman–Crippen LogP) is 4.26. The first-order valence-electron chi connectivity index (χ1n) is 7.40. The maximum atomic E-state index is 2.41. The highest BCUT2D eigenvalue weighted by molar-refractivity contribution is 6.88. The average molecular weight is 283 g/mol. The van der Waals surface area contributed by atoms with Crippen molar-refractivity contribution in [3.05, 3.63) is 60.2 Å². The first-order chi connectivity index (χ1) is 9.50. The molecule has 0 radical (unpaired) electrons. The maximum absolute atomic E-state index is 2.41. The van der Waals surface area contributed by atoms with Gasteiger partial charge in [0, 0.05) is 18.8 Å². The van der Waals surface area contributed by atoms with Gasteiger partial charge in [-0.3, -0.25) is 0 Å². The maximum Gasteiger partial charge on any atom is 0.0775 e. The SMILES string of the molecule is CCN(Cc1ccc([Si](C)(C)C)cc1)c1ccccc1. The van der Waals surface area contributed by atoms with E-state index >= 15 is 0 Å². The summed E-state index contributed by atoms with van der Waals surface area (Å²) in [6.07, 6.45) is 0. The second kappa shape index (κ2) is 6.27. The van der Waals surface area contributed by atoms with Crippen molar-refractivity contribution in [2.24, 2.45) is 0 Å². The fourth-order valence-electron chi connectivity index (χ4n) is 2.36. The van der Waals surface area contributed by atoms with Crippen LogP contribution in [0.25, 0.3) is 0 Å². The molecule has 0 unspecified atom stereocenters. The Kier molecular flexibility index (Phi) is 4.66. The molecule has 106 valence electrons. The van der Waals surface area contributed by atoms with E-state index in [-0.39, 0.29) is 0 Å². The zero-order valence-corrected chi connectivity index (χ0v) is 14.1. The quantitative estimate of drug-likeness (QED) is 0.741. The topological polar surface area (TPSA) is 3.24 Å². The summed E-state index contributed by atoms with van der Waals surface area (Å²) in [7, 11) is -1.18. The van der Waals surface area contributed by atoms with E-state index in [0.29, 0.717) is 0 Å². The lowest BCUT2D eigenvalue weighted by atomic mass is 10.2. The minimum absolute atomic E-state index is 0.979. The van der Waals surface area contributed by atoms with Crippen molar-refractivity contribution in [1.29, 1.82) is 0 Å². The average Bonchev–Trinajstić information content (AvgIpc) is 2.45. The van der Waals surface area contributed by atoms with Crippen molar-refractivity contribution >= 4 is 18.9 Å². The summed E-state index contributed by atoms with van der Waals surface area (Å²) < 4.78 is 0. The van der Waals surface area contributed by atoms with Crippen LogP contribution in [0.2, 0.25) is 19.6 Å². The van der Waals surface area contributed by atoms with Gasteiger partial charge in [0.2, 0.25) is 0 Å². The van der Waals surface area contributed by atoms with Crippen molar-refractivity contribution in [3.63, 3.8) is 0 Å². The zero-order valence-electron chi connectivity index (χ0n) is 13.1. The van der Waals surface area contributed by atoms with Gasteiger partial charge >= 0.3 is 0 Å². The van der Waals surface area contributed by atoms with Crippen LogP contribution in [0.4, 0.5) is 5.69 Å². The fraction of sp³-hybridized carbons (Fsp3) is 0.333. The van der Waals surface area contributed by atoms with Crippen LogP contribution in [0.1, 0.15) is 12.5 Å². The number of anilines is 1. The lowest BCUT2D eigenvalue weighted by Crippen LogP contribution is -2.37. The highest BCUT2D eigenvalue weighted by Gasteiger charge is 2.15. The van der Waals surface area contributed by atoms with Crippen LogP contribution in [0.15, 0.2) is 54.6 Å². The van der Waals surface area contributed by atoms with Crippen LogP contribution in [0.5, 0.6) is 0 Å². The molecule has 20 heavy (non-hydrogen) atoms. The Morgan fingerprint density at radius 3 is 1.95 bits per heavy atom. The number of rotatable bonds is 5. The molecule has 2 aromatic carbocycles. The highest BCUT2D eigenvalue weighted by atomic mass is 28.3. The summed E-state index contributed by atoms with van der Waals surface area (Å²) >= 11 is 0. The van der Waals surface area contributed by atoms with Crippen LogP contribution in [0, 0.1) is 0 Å². The first kappa shape index (κ1) is 14.9. The van der Waals surface area contributed by atoms with E-state index in [0.717, 1.165) is 13.1 Å². The smallest absolute Gasteiger partial charge is 0.0775 e. The number of benzene rings is 2. The van der Waals surface area contributed by atoms with Crippen LogP contribution in [-0.2, 0) is 6.54 Å². The van der Waals surface area contributed by atoms with E-state index in [9.17, 15) is 0 Å². The summed E-state index contributed by atoms with van der Waals surface area (Å²) in [5.74, 6) is 0. The molecule has 0 saturated carbocycles. The second-order valence-corrected chi connectivity index (χ2v) is 11.4. The van der Waals surface area contributed by atoms with Gasteiger partial charge in [0.05, 0.1) is 8.07 Å². The van der Waals surface area contributed by atoms with Gasteiger partial charge in [0.15, 0.2) is 0 Å². The third kappa shape index (κ3) is 3.73. The van der Waals surface area contributed by atoms with Gasteiger partial charge < -0.3 is 4.90 Å². The Hall–Kier alpha value is -1.54. The van der Waals surface area contributed by atoms with Crippen molar-refractivity contribution in [2.75, 3.05) is 11.4 Å². The molecule has 0 N–H and O–H groups in total. The molecule has 0 aliphatic heterocycles. The largest absolute Gasteiger partial charge is 0.367 e. The molecule has 2 aromatic rings. The minimum atomic E-state index is -1.18. The predicted molar refractivity (Wildman–Crippen MR) is 92.6 cm³/mol. The van der Waals surface area contributed by atoms with Crippen molar-refractivity contribution < 1.29 is 0 Å². The van der Waals surface area contributed by atoms with Gasteiger partial charge in [-0.25, -0.2) is 0 Å². The Bertz CT molecular complexity index is 526. The number of hydrogen-bond acceptors (Lipinski definition) is 1. The van der Waals surface area contributed by atoms with Crippen LogP contribution >= 0.6 is 0 Å². The van der Waals surface area contributed by atoms with Crippen molar-refractivity contribution in [1.82, 2.24) is 0 Å². The molecule has 0 aliphatic carbocycles. The molecule has 0 amide bonds. The summed E-state index contributed by atoms with van der Waals surface area (Å²) in [6, 6.07) is 19.9. The van der Waals surface area contributed by atoms with Gasteiger partial charge in [-0.2, -0.15) is 0 Å². The van der Waals surface area contributed by atoms with Crippen molar-refractivity contribution in [2.45, 2.75) is 33.1 Å². The Balaban J connectivity index is 2.13. The van der Waals surface area contributed by atoms with Crippen molar-refractivity contribution in [3.8, 4) is 0 Å². The van der Waals surface area contributed by atoms with Crippen LogP contribution < -0.4 is 10.1 Å². The molecule has 2 rings (SSSR count). The van der Waals surface area contributed by atoms with Crippen LogP contribution in [0.3, 0.4) is 0 Å². The zero-order chi connectivity index (χ0) is 14.6. The Morgan fingerprint density at radius 2 is 1.45 bits per heavy atom. The Morgan fingerprint density at radius 1 is 0.850 bits per heavy atom. The summed E-state index contributed by atoms with van der Waals surface area (Å²) in [5, 5.41) is 1.53. The molecule has 0 atom stereocenters. The molecule has 1 nitrogen and oxygen atoms in total. The van der Waals surface area contributed by atoms with Gasteiger partial charge in [-0.05, 0) is 24.6 Å². The molecule has 0 bridgehead atoms. The monoisotopic (exact) mass is 283 g/mol. The summed E-state index contributed by atoms with van der Waals surface area (Å²) in [5.41, 5.74) is 2.68. The summed E-state index contributed by atoms with van der Waals surface area (Å²) in [6.45, 7) is 11.4. The number of para-hydroxylation sites is 1. The Labute approximate surface area is 124 Å². The fourth-order valence-corrected chi connectivity index (χ4v) is 3.52. The second-order valence-electron chi connectivity index (χ2n) is 6.30. The molecule has 0 aliphatic rings. The minimum Gasteiger partial charge on any atom is -0.367 e. The molecular weight excluding hydrogens is 258 g/mol. The third-order valence-corrected chi connectivity index (χ3v) is 5.76. The third-order valence-electron chi connectivity index (χ3n) is 3.70. The summed E-state index contributed by atoms with van der Waals surface area (Å²) in [4.78, 5) is 2.41. The number of nitrogens with zero attached hydrogens (tertiary/aromatic N) is 1. The van der Waals surface area contributed by atoms with E-state index in [4.69, 9.17) is 0 Å². The molecule has 2 heteroatoms. The molecule has 0 heterocycles. The standard InChI is InChI=1S/C18H25NSi/c1-5-19(17-9-7-6-8-10-17)15-16-11-13-18(14-12-16)20(2,3)4/h6-14H,5,15H2,1-4H3. The molecule has 0 aromatic heterocycles. The van der Waals surface area contributed by atoms with E-state index in [2.05, 4.69) is 86.1 Å². The van der Waals surface area contributed by atoms with Gasteiger partial charge in [0.1, 0.15) is 0 Å². The number of hydrogen-bond donors (Lipinski definition) is 0. The van der Waals surface area contributed by atoms with E-state index in [1.807, 2.05) is 0 Å². The van der Waals surface area contributed by atoms with E-state index in [1.54, 1.807) is 0 Å². The molecule has 0 spiro atoms. The molecule has 0 saturated heterocycles. The van der Waals surface area contributed by atoms with Crippen LogP contribution in [-0.4, -0.2) is 14.6 Å². The first-order valence-corrected chi connectivity index (χ1v) is 10.9. The lowest BCUT2D eigenvalue weighted by molar-refractivity contribution is 0.832. The lowest BCUT2D eigenvalue weighted by Gasteiger charge is -2.24. The van der Waals surface area contributed by atoms with Gasteiger partial charge in [0.25, 0.3) is 0 Å².